The van der Waals surface area contributed by atoms with E-state index in [0.717, 1.165) is 5.69 Å². The molecule has 2 aromatic rings. The van der Waals surface area contributed by atoms with Crippen molar-refractivity contribution in [2.45, 2.75) is 6.92 Å². The number of ether oxygens (including phenoxy) is 1. The van der Waals surface area contributed by atoms with E-state index < -0.39 is 0 Å². The van der Waals surface area contributed by atoms with Crippen molar-refractivity contribution in [1.29, 1.82) is 0 Å². The van der Waals surface area contributed by atoms with Gasteiger partial charge in [-0.15, -0.1) is 0 Å². The Hall–Kier alpha value is -2.22. The fraction of sp³-hybridized carbons (Fsp3) is 0.176. The van der Waals surface area contributed by atoms with Crippen molar-refractivity contribution in [3.05, 3.63) is 57.8 Å². The fourth-order valence-corrected chi connectivity index (χ4v) is 2.04. The van der Waals surface area contributed by atoms with E-state index in [-0.39, 0.29) is 19.1 Å². The normalized spacial score (nSPS) is 9.70. The Bertz CT molecular complexity index is 749. The molecule has 1 N–H and O–H groups in total. The Morgan fingerprint density at radius 1 is 1.26 bits per heavy atom. The van der Waals surface area contributed by atoms with Gasteiger partial charge in [-0.1, -0.05) is 35.0 Å². The Balaban J connectivity index is 1.78. The van der Waals surface area contributed by atoms with Gasteiger partial charge in [0.2, 0.25) is 0 Å². The third-order valence-electron chi connectivity index (χ3n) is 2.83. The second-order valence-electron chi connectivity index (χ2n) is 4.58. The molecule has 0 saturated heterocycles. The van der Waals surface area contributed by atoms with Gasteiger partial charge < -0.3 is 10.1 Å². The summed E-state index contributed by atoms with van der Waals surface area (Å²) in [6.45, 7) is 2.31. The maximum Gasteiger partial charge on any atom is 0.253 e. The molecule has 1 heterocycles. The van der Waals surface area contributed by atoms with E-state index in [2.05, 4.69) is 22.1 Å². The largest absolute Gasteiger partial charge is 0.479 e. The molecular weight excluding hydrogens is 335 g/mol. The predicted molar refractivity (Wildman–Crippen MR) is 91.0 cm³/mol. The third-order valence-corrected chi connectivity index (χ3v) is 3.40. The highest BCUT2D eigenvalue weighted by atomic mass is 35.5. The predicted octanol–water partition coefficient (Wildman–Crippen LogP) is 3.51. The number of carbonyl (C=O) groups is 1. The minimum absolute atomic E-state index is 0.192. The molecule has 4 nitrogen and oxygen atoms in total. The van der Waals surface area contributed by atoms with Crippen molar-refractivity contribution in [3.63, 3.8) is 0 Å². The molecule has 0 radical (unpaired) electrons. The Kier molecular flexibility index (Phi) is 6.28. The van der Waals surface area contributed by atoms with Gasteiger partial charge in [0.25, 0.3) is 5.91 Å². The average Bonchev–Trinajstić information content (AvgIpc) is 2.54. The number of hydrogen-bond donors (Lipinski definition) is 1. The summed E-state index contributed by atoms with van der Waals surface area (Å²) in [7, 11) is 0. The Morgan fingerprint density at radius 2 is 2.09 bits per heavy atom. The summed E-state index contributed by atoms with van der Waals surface area (Å²) in [6.07, 6.45) is 1.64. The zero-order valence-corrected chi connectivity index (χ0v) is 13.9. The zero-order valence-electron chi connectivity index (χ0n) is 12.4. The summed E-state index contributed by atoms with van der Waals surface area (Å²) >= 11 is 11.8. The number of amides is 1. The van der Waals surface area contributed by atoms with Crippen LogP contribution in [-0.4, -0.2) is 24.0 Å². The molecule has 0 aliphatic rings. The first-order valence-electron chi connectivity index (χ1n) is 6.80. The summed E-state index contributed by atoms with van der Waals surface area (Å²) in [6, 6.07) is 8.40. The van der Waals surface area contributed by atoms with Crippen molar-refractivity contribution in [2.24, 2.45) is 0 Å². The van der Waals surface area contributed by atoms with E-state index in [1.54, 1.807) is 18.3 Å². The summed E-state index contributed by atoms with van der Waals surface area (Å²) in [5.41, 5.74) is 1.24. The van der Waals surface area contributed by atoms with E-state index in [4.69, 9.17) is 27.9 Å². The lowest BCUT2D eigenvalue weighted by molar-refractivity contribution is 0.0959. The first-order valence-corrected chi connectivity index (χ1v) is 7.56. The quantitative estimate of drug-likeness (QED) is 0.860. The van der Waals surface area contributed by atoms with Crippen molar-refractivity contribution < 1.29 is 9.53 Å². The van der Waals surface area contributed by atoms with Gasteiger partial charge in [0.05, 0.1) is 23.3 Å². The van der Waals surface area contributed by atoms with Crippen LogP contribution in [0.2, 0.25) is 10.0 Å². The van der Waals surface area contributed by atoms with E-state index in [9.17, 15) is 4.79 Å². The topological polar surface area (TPSA) is 51.2 Å². The van der Waals surface area contributed by atoms with E-state index in [0.29, 0.717) is 21.4 Å². The zero-order chi connectivity index (χ0) is 16.7. The first-order chi connectivity index (χ1) is 11.1. The van der Waals surface area contributed by atoms with Gasteiger partial charge in [-0.25, -0.2) is 0 Å². The molecule has 0 spiro atoms. The molecule has 1 aromatic heterocycles. The highest BCUT2D eigenvalue weighted by Gasteiger charge is 2.09. The van der Waals surface area contributed by atoms with Gasteiger partial charge >= 0.3 is 0 Å². The van der Waals surface area contributed by atoms with Crippen molar-refractivity contribution in [2.75, 3.05) is 13.2 Å². The monoisotopic (exact) mass is 348 g/mol. The number of nitrogens with one attached hydrogen (secondary N) is 1. The minimum atomic E-state index is -0.324. The second kappa shape index (κ2) is 8.42. The van der Waals surface area contributed by atoms with E-state index in [1.807, 2.05) is 19.1 Å². The van der Waals surface area contributed by atoms with Crippen LogP contribution in [-0.2, 0) is 0 Å². The molecule has 2 rings (SSSR count). The molecule has 0 atom stereocenters. The van der Waals surface area contributed by atoms with Gasteiger partial charge in [0, 0.05) is 10.7 Å². The van der Waals surface area contributed by atoms with Crippen LogP contribution >= 0.6 is 23.2 Å². The van der Waals surface area contributed by atoms with Crippen LogP contribution in [0.3, 0.4) is 0 Å². The lowest BCUT2D eigenvalue weighted by atomic mass is 10.2. The summed E-state index contributed by atoms with van der Waals surface area (Å²) in [4.78, 5) is 16.1. The molecule has 0 aliphatic carbocycles. The van der Waals surface area contributed by atoms with Crippen molar-refractivity contribution >= 4 is 29.1 Å². The molecule has 118 valence electrons. The Morgan fingerprint density at radius 3 is 2.83 bits per heavy atom. The van der Waals surface area contributed by atoms with Crippen LogP contribution in [0.25, 0.3) is 0 Å². The maximum absolute atomic E-state index is 11.9. The third kappa shape index (κ3) is 5.48. The lowest BCUT2D eigenvalue weighted by Crippen LogP contribution is -2.24. The van der Waals surface area contributed by atoms with Crippen LogP contribution in [0.15, 0.2) is 36.5 Å². The van der Waals surface area contributed by atoms with Crippen molar-refractivity contribution in [1.82, 2.24) is 10.3 Å². The minimum Gasteiger partial charge on any atom is -0.479 e. The number of halogens is 2. The number of aryl methyl sites for hydroxylation is 1. The Labute approximate surface area is 144 Å². The second-order valence-corrected chi connectivity index (χ2v) is 5.43. The van der Waals surface area contributed by atoms with Gasteiger partial charge in [0.1, 0.15) is 12.4 Å². The van der Waals surface area contributed by atoms with Crippen LogP contribution in [0.4, 0.5) is 0 Å². The van der Waals surface area contributed by atoms with E-state index in [1.165, 1.54) is 6.07 Å². The molecular formula is C17H14Cl2N2O2. The SMILES string of the molecule is Cc1ccc(OCC#CCNC(=O)c2cc(Cl)ccc2Cl)cn1. The molecule has 0 aliphatic heterocycles. The molecule has 0 saturated carbocycles. The number of nitrogens with zero attached hydrogens (tertiary/aromatic N) is 1. The van der Waals surface area contributed by atoms with Crippen LogP contribution in [0.1, 0.15) is 16.1 Å². The molecule has 23 heavy (non-hydrogen) atoms. The summed E-state index contributed by atoms with van der Waals surface area (Å²) < 4.78 is 5.40. The molecule has 0 fully saturated rings. The maximum atomic E-state index is 11.9. The van der Waals surface area contributed by atoms with Crippen LogP contribution in [0, 0.1) is 18.8 Å². The first kappa shape index (κ1) is 17.1. The molecule has 6 heteroatoms. The average molecular weight is 349 g/mol. The van der Waals surface area contributed by atoms with Crippen LogP contribution in [0.5, 0.6) is 5.75 Å². The van der Waals surface area contributed by atoms with E-state index >= 15 is 0 Å². The fourth-order valence-electron chi connectivity index (χ4n) is 1.66. The van der Waals surface area contributed by atoms with Gasteiger partial charge in [0.15, 0.2) is 0 Å². The van der Waals surface area contributed by atoms with Gasteiger partial charge in [-0.05, 0) is 37.3 Å². The van der Waals surface area contributed by atoms with Gasteiger partial charge in [-0.2, -0.15) is 0 Å². The number of benzene rings is 1. The summed E-state index contributed by atoms with van der Waals surface area (Å²) in [5.74, 6) is 5.93. The molecule has 0 bridgehead atoms. The smallest absolute Gasteiger partial charge is 0.253 e. The number of rotatable bonds is 4. The molecule has 1 amide bonds. The number of carbonyl (C=O) groups excluding carboxylic acids is 1. The summed E-state index contributed by atoms with van der Waals surface area (Å²) in [5, 5.41) is 3.44. The standard InChI is InChI=1S/C17H14Cl2N2O2/c1-12-4-6-14(11-21-12)23-9-3-2-8-20-17(22)15-10-13(18)5-7-16(15)19/h4-7,10-11H,8-9H2,1H3,(H,20,22). The lowest BCUT2D eigenvalue weighted by Gasteiger charge is -2.04. The van der Waals surface area contributed by atoms with Crippen molar-refractivity contribution in [3.8, 4) is 17.6 Å². The van der Waals surface area contributed by atoms with Gasteiger partial charge in [-0.3, -0.25) is 9.78 Å². The highest BCUT2D eigenvalue weighted by Crippen LogP contribution is 2.20. The highest BCUT2D eigenvalue weighted by molar-refractivity contribution is 6.35. The molecule has 1 aromatic carbocycles. The number of aromatic nitrogens is 1. The number of hydrogen-bond acceptors (Lipinski definition) is 3. The molecule has 0 unspecified atom stereocenters. The number of pyridine rings is 1. The van der Waals surface area contributed by atoms with Crippen LogP contribution < -0.4 is 10.1 Å².